The van der Waals surface area contributed by atoms with Gasteiger partial charge in [0.25, 0.3) is 0 Å². The molecule has 2 heterocycles. The van der Waals surface area contributed by atoms with Crippen LogP contribution in [0.5, 0.6) is 0 Å². The van der Waals surface area contributed by atoms with Crippen molar-refractivity contribution in [2.45, 2.75) is 0 Å². The van der Waals surface area contributed by atoms with Crippen molar-refractivity contribution in [3.05, 3.63) is 36.0 Å². The summed E-state index contributed by atoms with van der Waals surface area (Å²) in [7, 11) is 0. The van der Waals surface area contributed by atoms with Crippen molar-refractivity contribution in [2.24, 2.45) is 0 Å². The molecule has 8 heteroatoms. The van der Waals surface area contributed by atoms with Crippen molar-refractivity contribution in [1.29, 1.82) is 0 Å². The van der Waals surface area contributed by atoms with Crippen LogP contribution in [0.1, 0.15) is 10.5 Å². The monoisotopic (exact) mass is 301 g/mol. The maximum atomic E-state index is 11.4. The van der Waals surface area contributed by atoms with E-state index in [2.05, 4.69) is 10.5 Å². The predicted molar refractivity (Wildman–Crippen MR) is 74.3 cm³/mol. The van der Waals surface area contributed by atoms with Crippen LogP contribution >= 0.6 is 0 Å². The van der Waals surface area contributed by atoms with Crippen molar-refractivity contribution in [3.8, 4) is 11.3 Å². The van der Waals surface area contributed by atoms with Crippen LogP contribution < -0.4 is 10.2 Å². The number of nitrogens with zero attached hydrogens (tertiary/aromatic N) is 2. The lowest BCUT2D eigenvalue weighted by Gasteiger charge is -2.27. The molecule has 2 amide bonds. The van der Waals surface area contributed by atoms with Crippen LogP contribution in [0.25, 0.3) is 11.3 Å². The van der Waals surface area contributed by atoms with Gasteiger partial charge in [-0.15, -0.1) is 0 Å². The largest absolute Gasteiger partial charge is 0.476 e. The van der Waals surface area contributed by atoms with Crippen LogP contribution in [-0.2, 0) is 9.59 Å². The molecule has 1 aliphatic rings. The Balaban J connectivity index is 1.81. The van der Waals surface area contributed by atoms with Gasteiger partial charge in [-0.05, 0) is 24.3 Å². The average Bonchev–Trinajstić information content (AvgIpc) is 2.96. The van der Waals surface area contributed by atoms with E-state index in [9.17, 15) is 14.4 Å². The summed E-state index contributed by atoms with van der Waals surface area (Å²) in [6.07, 6.45) is 0. The Hall–Kier alpha value is -3.16. The van der Waals surface area contributed by atoms with E-state index in [-0.39, 0.29) is 30.6 Å². The second-order valence-electron chi connectivity index (χ2n) is 4.76. The molecule has 1 saturated heterocycles. The Morgan fingerprint density at radius 1 is 1.18 bits per heavy atom. The van der Waals surface area contributed by atoms with Gasteiger partial charge >= 0.3 is 5.97 Å². The van der Waals surface area contributed by atoms with E-state index in [0.29, 0.717) is 17.0 Å². The van der Waals surface area contributed by atoms with Crippen molar-refractivity contribution in [2.75, 3.05) is 18.0 Å². The molecule has 0 unspecified atom stereocenters. The molecule has 22 heavy (non-hydrogen) atoms. The summed E-state index contributed by atoms with van der Waals surface area (Å²) in [5.74, 6) is -1.52. The van der Waals surface area contributed by atoms with Crippen LogP contribution in [0.4, 0.5) is 5.69 Å². The number of carbonyl (C=O) groups excluding carboxylic acids is 2. The van der Waals surface area contributed by atoms with Crippen LogP contribution in [-0.4, -0.2) is 41.1 Å². The Morgan fingerprint density at radius 2 is 1.82 bits per heavy atom. The number of imide groups is 1. The SMILES string of the molecule is O=C1CN(c2ccc(-c3cc(C(=O)O)no3)cc2)CC(=O)N1. The molecule has 112 valence electrons. The van der Waals surface area contributed by atoms with Gasteiger partial charge in [-0.25, -0.2) is 4.79 Å². The van der Waals surface area contributed by atoms with E-state index in [0.717, 1.165) is 0 Å². The van der Waals surface area contributed by atoms with E-state index in [1.54, 1.807) is 29.2 Å². The van der Waals surface area contributed by atoms with Gasteiger partial charge in [0.15, 0.2) is 11.5 Å². The molecule has 1 aromatic carbocycles. The van der Waals surface area contributed by atoms with Gasteiger partial charge < -0.3 is 14.5 Å². The number of carbonyl (C=O) groups is 3. The normalized spacial score (nSPS) is 14.8. The van der Waals surface area contributed by atoms with E-state index in [1.165, 1.54) is 6.07 Å². The number of benzene rings is 1. The number of hydrogen-bond donors (Lipinski definition) is 2. The number of aromatic nitrogens is 1. The summed E-state index contributed by atoms with van der Waals surface area (Å²) in [6.45, 7) is 0.215. The Morgan fingerprint density at radius 3 is 2.36 bits per heavy atom. The molecule has 3 rings (SSSR count). The fourth-order valence-electron chi connectivity index (χ4n) is 2.17. The van der Waals surface area contributed by atoms with Gasteiger partial charge in [0.2, 0.25) is 11.8 Å². The highest BCUT2D eigenvalue weighted by Crippen LogP contribution is 2.24. The van der Waals surface area contributed by atoms with Crippen LogP contribution in [0.3, 0.4) is 0 Å². The third-order valence-electron chi connectivity index (χ3n) is 3.19. The van der Waals surface area contributed by atoms with E-state index < -0.39 is 5.97 Å². The van der Waals surface area contributed by atoms with Gasteiger partial charge in [-0.1, -0.05) is 5.16 Å². The second-order valence-corrected chi connectivity index (χ2v) is 4.76. The first-order chi connectivity index (χ1) is 10.5. The zero-order valence-electron chi connectivity index (χ0n) is 11.3. The number of nitrogens with one attached hydrogen (secondary N) is 1. The van der Waals surface area contributed by atoms with Gasteiger partial charge in [0, 0.05) is 17.3 Å². The lowest BCUT2D eigenvalue weighted by atomic mass is 10.1. The Bertz CT molecular complexity index is 734. The van der Waals surface area contributed by atoms with Crippen LogP contribution in [0.15, 0.2) is 34.9 Å². The molecule has 1 aliphatic heterocycles. The fourth-order valence-corrected chi connectivity index (χ4v) is 2.17. The molecule has 2 N–H and O–H groups in total. The van der Waals surface area contributed by atoms with Gasteiger partial charge in [-0.2, -0.15) is 0 Å². The smallest absolute Gasteiger partial charge is 0.358 e. The summed E-state index contributed by atoms with van der Waals surface area (Å²) in [5, 5.41) is 14.5. The lowest BCUT2D eigenvalue weighted by Crippen LogP contribution is -2.51. The number of aromatic carboxylic acids is 1. The zero-order chi connectivity index (χ0) is 15.7. The molecule has 1 aromatic heterocycles. The molecule has 0 aliphatic carbocycles. The highest BCUT2D eigenvalue weighted by molar-refractivity contribution is 6.02. The number of piperazine rings is 1. The third-order valence-corrected chi connectivity index (χ3v) is 3.19. The van der Waals surface area contributed by atoms with Gasteiger partial charge in [-0.3, -0.25) is 14.9 Å². The number of rotatable bonds is 3. The van der Waals surface area contributed by atoms with E-state index >= 15 is 0 Å². The number of carboxylic acid groups (broad SMARTS) is 1. The maximum Gasteiger partial charge on any atom is 0.358 e. The van der Waals surface area contributed by atoms with Gasteiger partial charge in [0.1, 0.15) is 0 Å². The van der Waals surface area contributed by atoms with E-state index in [1.807, 2.05) is 0 Å². The Kier molecular flexibility index (Phi) is 3.34. The van der Waals surface area contributed by atoms with Crippen molar-refractivity contribution in [1.82, 2.24) is 10.5 Å². The van der Waals surface area contributed by atoms with Crippen molar-refractivity contribution < 1.29 is 24.0 Å². The van der Waals surface area contributed by atoms with E-state index in [4.69, 9.17) is 9.63 Å². The highest BCUT2D eigenvalue weighted by Gasteiger charge is 2.22. The maximum absolute atomic E-state index is 11.4. The fraction of sp³-hybridized carbons (Fsp3) is 0.143. The topological polar surface area (TPSA) is 113 Å². The number of amides is 2. The van der Waals surface area contributed by atoms with Crippen molar-refractivity contribution in [3.63, 3.8) is 0 Å². The molecule has 0 bridgehead atoms. The first-order valence-electron chi connectivity index (χ1n) is 6.41. The van der Waals surface area contributed by atoms with Gasteiger partial charge in [0.05, 0.1) is 13.1 Å². The molecule has 8 nitrogen and oxygen atoms in total. The van der Waals surface area contributed by atoms with Crippen LogP contribution in [0, 0.1) is 0 Å². The third kappa shape index (κ3) is 2.66. The molecule has 0 saturated carbocycles. The summed E-state index contributed by atoms with van der Waals surface area (Å²) >= 11 is 0. The molecule has 0 atom stereocenters. The minimum absolute atomic E-state index is 0.108. The minimum Gasteiger partial charge on any atom is -0.476 e. The molecule has 1 fully saturated rings. The molecular formula is C14H11N3O5. The summed E-state index contributed by atoms with van der Waals surface area (Å²) < 4.78 is 4.97. The second kappa shape index (κ2) is 5.32. The predicted octanol–water partition coefficient (Wildman–Crippen LogP) is 0.503. The molecule has 2 aromatic rings. The van der Waals surface area contributed by atoms with Crippen LogP contribution in [0.2, 0.25) is 0 Å². The van der Waals surface area contributed by atoms with Crippen molar-refractivity contribution >= 4 is 23.5 Å². The summed E-state index contributed by atoms with van der Waals surface area (Å²) in [6, 6.07) is 8.19. The number of anilines is 1. The summed E-state index contributed by atoms with van der Waals surface area (Å²) in [4.78, 5) is 35.1. The quantitative estimate of drug-likeness (QED) is 0.794. The summed E-state index contributed by atoms with van der Waals surface area (Å²) in [5.41, 5.74) is 1.19. The number of hydrogen-bond acceptors (Lipinski definition) is 6. The first-order valence-corrected chi connectivity index (χ1v) is 6.41. The standard InChI is InChI=1S/C14H11N3O5/c18-12-6-17(7-13(19)15-12)9-3-1-8(2-4-9)11-5-10(14(20)21)16-22-11/h1-5H,6-7H2,(H,20,21)(H,15,18,19). The Labute approximate surface area is 124 Å². The molecule has 0 spiro atoms. The molecular weight excluding hydrogens is 290 g/mol. The lowest BCUT2D eigenvalue weighted by molar-refractivity contribution is -0.130. The highest BCUT2D eigenvalue weighted by atomic mass is 16.5. The average molecular weight is 301 g/mol. The number of carboxylic acids is 1. The molecule has 0 radical (unpaired) electrons. The zero-order valence-corrected chi connectivity index (χ0v) is 11.3. The minimum atomic E-state index is -1.16. The first kappa shape index (κ1) is 13.8.